The first-order valence-corrected chi connectivity index (χ1v) is 5.33. The molecule has 2 amide bonds. The number of carbonyl (C=O) groups is 2. The van der Waals surface area contributed by atoms with Gasteiger partial charge in [-0.2, -0.15) is 0 Å². The van der Waals surface area contributed by atoms with Gasteiger partial charge in [-0.1, -0.05) is 0 Å². The van der Waals surface area contributed by atoms with Gasteiger partial charge < -0.3 is 10.2 Å². The lowest BCUT2D eigenvalue weighted by Gasteiger charge is -2.31. The van der Waals surface area contributed by atoms with E-state index in [4.69, 9.17) is 0 Å². The Morgan fingerprint density at radius 1 is 1.36 bits per heavy atom. The van der Waals surface area contributed by atoms with Crippen LogP contribution in [0.1, 0.15) is 32.1 Å². The minimum atomic E-state index is -0.0530. The maximum absolute atomic E-state index is 11.6. The van der Waals surface area contributed by atoms with Gasteiger partial charge >= 0.3 is 6.03 Å². The number of amides is 2. The van der Waals surface area contributed by atoms with E-state index in [9.17, 15) is 9.59 Å². The maximum atomic E-state index is 11.6. The third-order valence-corrected chi connectivity index (χ3v) is 2.97. The summed E-state index contributed by atoms with van der Waals surface area (Å²) >= 11 is 0. The first kappa shape index (κ1) is 9.49. The number of carbonyl (C=O) groups excluding carboxylic acids is 2. The van der Waals surface area contributed by atoms with Crippen molar-refractivity contribution in [2.45, 2.75) is 38.1 Å². The number of nitrogens with one attached hydrogen (secondary N) is 1. The van der Waals surface area contributed by atoms with Crippen LogP contribution >= 0.6 is 0 Å². The van der Waals surface area contributed by atoms with E-state index in [1.165, 1.54) is 6.42 Å². The van der Waals surface area contributed by atoms with Crippen molar-refractivity contribution in [2.24, 2.45) is 0 Å². The number of rotatable bonds is 1. The van der Waals surface area contributed by atoms with Gasteiger partial charge in [0.2, 0.25) is 0 Å². The van der Waals surface area contributed by atoms with Crippen molar-refractivity contribution < 1.29 is 9.59 Å². The van der Waals surface area contributed by atoms with E-state index in [-0.39, 0.29) is 11.8 Å². The highest BCUT2D eigenvalue weighted by Gasteiger charge is 2.25. The number of ketones is 1. The standard InChI is InChI=1S/C10H16N2O2/c13-9-5-2-6-12(7-9)10(14)11-8-3-1-4-8/h8H,1-7H2,(H,11,14). The highest BCUT2D eigenvalue weighted by atomic mass is 16.2. The van der Waals surface area contributed by atoms with Gasteiger partial charge in [-0.25, -0.2) is 4.79 Å². The zero-order valence-electron chi connectivity index (χ0n) is 8.29. The molecule has 1 aliphatic heterocycles. The van der Waals surface area contributed by atoms with Gasteiger partial charge in [-0.3, -0.25) is 4.79 Å². The van der Waals surface area contributed by atoms with E-state index >= 15 is 0 Å². The number of nitrogens with zero attached hydrogens (tertiary/aromatic N) is 1. The first-order chi connectivity index (χ1) is 6.75. The first-order valence-electron chi connectivity index (χ1n) is 5.33. The molecule has 1 saturated heterocycles. The highest BCUT2D eigenvalue weighted by Crippen LogP contribution is 2.18. The lowest BCUT2D eigenvalue weighted by molar-refractivity contribution is -0.121. The molecule has 0 aromatic rings. The summed E-state index contributed by atoms with van der Waals surface area (Å²) in [6.45, 7) is 1.03. The van der Waals surface area contributed by atoms with E-state index < -0.39 is 0 Å². The molecule has 2 fully saturated rings. The van der Waals surface area contributed by atoms with Crippen LogP contribution in [0.5, 0.6) is 0 Å². The predicted molar refractivity (Wildman–Crippen MR) is 52.0 cm³/mol. The van der Waals surface area contributed by atoms with Crippen LogP contribution in [0.4, 0.5) is 4.79 Å². The summed E-state index contributed by atoms with van der Waals surface area (Å²) < 4.78 is 0. The van der Waals surface area contributed by atoms with Gasteiger partial charge in [0.25, 0.3) is 0 Å². The van der Waals surface area contributed by atoms with E-state index in [1.807, 2.05) is 0 Å². The molecule has 2 rings (SSSR count). The minimum Gasteiger partial charge on any atom is -0.335 e. The second-order valence-electron chi connectivity index (χ2n) is 4.14. The second kappa shape index (κ2) is 3.98. The number of piperidine rings is 1. The molecule has 4 heteroatoms. The van der Waals surface area contributed by atoms with Crippen LogP contribution in [0.25, 0.3) is 0 Å². The molecule has 14 heavy (non-hydrogen) atoms. The Balaban J connectivity index is 1.80. The van der Waals surface area contributed by atoms with E-state index in [1.54, 1.807) is 4.90 Å². The Morgan fingerprint density at radius 2 is 2.14 bits per heavy atom. The summed E-state index contributed by atoms with van der Waals surface area (Å²) in [4.78, 5) is 24.4. The van der Waals surface area contributed by atoms with Gasteiger partial charge in [0.05, 0.1) is 6.54 Å². The van der Waals surface area contributed by atoms with Gasteiger partial charge in [0, 0.05) is 19.0 Å². The van der Waals surface area contributed by atoms with Crippen molar-refractivity contribution in [2.75, 3.05) is 13.1 Å². The van der Waals surface area contributed by atoms with E-state index in [0.717, 1.165) is 25.8 Å². The third-order valence-electron chi connectivity index (χ3n) is 2.97. The Bertz CT molecular complexity index is 249. The summed E-state index contributed by atoms with van der Waals surface area (Å²) in [6, 6.07) is 0.308. The van der Waals surface area contributed by atoms with Crippen molar-refractivity contribution in [1.82, 2.24) is 10.2 Å². The molecule has 0 aromatic heterocycles. The summed E-state index contributed by atoms with van der Waals surface area (Å²) in [5, 5.41) is 2.94. The van der Waals surface area contributed by atoms with Gasteiger partial charge in [-0.15, -0.1) is 0 Å². The average Bonchev–Trinajstić information content (AvgIpc) is 2.11. The topological polar surface area (TPSA) is 49.4 Å². The number of urea groups is 1. The molecular formula is C10H16N2O2. The second-order valence-corrected chi connectivity index (χ2v) is 4.14. The largest absolute Gasteiger partial charge is 0.335 e. The summed E-state index contributed by atoms with van der Waals surface area (Å²) in [6.07, 6.45) is 4.84. The van der Waals surface area contributed by atoms with Crippen molar-refractivity contribution in [3.63, 3.8) is 0 Å². The predicted octanol–water partition coefficient (Wildman–Crippen LogP) is 0.913. The minimum absolute atomic E-state index is 0.0530. The van der Waals surface area contributed by atoms with Crippen LogP contribution in [-0.4, -0.2) is 35.8 Å². The molecule has 1 N–H and O–H groups in total. The van der Waals surface area contributed by atoms with Crippen molar-refractivity contribution in [1.29, 1.82) is 0 Å². The maximum Gasteiger partial charge on any atom is 0.318 e. The number of hydrogen-bond donors (Lipinski definition) is 1. The third kappa shape index (κ3) is 2.05. The monoisotopic (exact) mass is 196 g/mol. The molecule has 0 unspecified atom stereocenters. The molecule has 78 valence electrons. The zero-order valence-corrected chi connectivity index (χ0v) is 8.29. The SMILES string of the molecule is O=C1CCCN(C(=O)NC2CCC2)C1. The molecule has 0 aromatic carbocycles. The summed E-state index contributed by atoms with van der Waals surface area (Å²) in [5.41, 5.74) is 0. The molecule has 0 bridgehead atoms. The zero-order chi connectivity index (χ0) is 9.97. The van der Waals surface area contributed by atoms with Crippen LogP contribution in [0.3, 0.4) is 0 Å². The molecule has 1 heterocycles. The smallest absolute Gasteiger partial charge is 0.318 e. The molecule has 1 aliphatic carbocycles. The fourth-order valence-electron chi connectivity index (χ4n) is 1.83. The summed E-state index contributed by atoms with van der Waals surface area (Å²) in [7, 11) is 0. The van der Waals surface area contributed by atoms with Crippen LogP contribution < -0.4 is 5.32 Å². The van der Waals surface area contributed by atoms with Crippen LogP contribution in [0.15, 0.2) is 0 Å². The molecule has 0 radical (unpaired) electrons. The van der Waals surface area contributed by atoms with Crippen molar-refractivity contribution >= 4 is 11.8 Å². The van der Waals surface area contributed by atoms with Gasteiger partial charge in [0.15, 0.2) is 5.78 Å². The molecule has 0 atom stereocenters. The normalized spacial score (nSPS) is 23.1. The van der Waals surface area contributed by atoms with E-state index in [2.05, 4.69) is 5.32 Å². The molecule has 2 aliphatic rings. The Morgan fingerprint density at radius 3 is 2.71 bits per heavy atom. The Labute approximate surface area is 83.6 Å². The van der Waals surface area contributed by atoms with Crippen LogP contribution in [0.2, 0.25) is 0 Å². The van der Waals surface area contributed by atoms with Crippen LogP contribution in [0, 0.1) is 0 Å². The molecule has 0 spiro atoms. The quantitative estimate of drug-likeness (QED) is 0.677. The van der Waals surface area contributed by atoms with Crippen molar-refractivity contribution in [3.05, 3.63) is 0 Å². The van der Waals surface area contributed by atoms with Crippen LogP contribution in [-0.2, 0) is 4.79 Å². The number of Topliss-reactive ketones (excluding diaryl/α,β-unsaturated/α-hetero) is 1. The fraction of sp³-hybridized carbons (Fsp3) is 0.800. The highest BCUT2D eigenvalue weighted by molar-refractivity contribution is 5.86. The van der Waals surface area contributed by atoms with E-state index in [0.29, 0.717) is 19.0 Å². The van der Waals surface area contributed by atoms with Gasteiger partial charge in [0.1, 0.15) is 0 Å². The lowest BCUT2D eigenvalue weighted by atomic mass is 9.93. The van der Waals surface area contributed by atoms with Crippen molar-refractivity contribution in [3.8, 4) is 0 Å². The molecule has 1 saturated carbocycles. The van der Waals surface area contributed by atoms with Gasteiger partial charge in [-0.05, 0) is 25.7 Å². The Kier molecular flexibility index (Phi) is 2.70. The number of hydrogen-bond acceptors (Lipinski definition) is 2. The molecule has 4 nitrogen and oxygen atoms in total. The fourth-order valence-corrected chi connectivity index (χ4v) is 1.83. The average molecular weight is 196 g/mol. The Hall–Kier alpha value is -1.06. The number of likely N-dealkylation sites (tertiary alicyclic amines) is 1. The lowest BCUT2D eigenvalue weighted by Crippen LogP contribution is -2.50. The summed E-state index contributed by atoms with van der Waals surface area (Å²) in [5.74, 6) is 0.181. The molecular weight excluding hydrogens is 180 g/mol.